The molecule has 2 aromatic rings. The van der Waals surface area contributed by atoms with Crippen molar-refractivity contribution in [3.05, 3.63) is 62.8 Å². The largest absolute Gasteiger partial charge is 0.357 e. The summed E-state index contributed by atoms with van der Waals surface area (Å²) in [7, 11) is 0. The first-order valence-corrected chi connectivity index (χ1v) is 8.44. The second kappa shape index (κ2) is 6.89. The molecule has 6 nitrogen and oxygen atoms in total. The van der Waals surface area contributed by atoms with Crippen LogP contribution in [0.15, 0.2) is 30.5 Å². The van der Waals surface area contributed by atoms with Gasteiger partial charge in [-0.2, -0.15) is 5.26 Å². The number of nitrogens with one attached hydrogen (secondary N) is 1. The monoisotopic (exact) mass is 336 g/mol. The van der Waals surface area contributed by atoms with Crippen LogP contribution in [-0.4, -0.2) is 9.91 Å². The molecule has 1 heterocycles. The van der Waals surface area contributed by atoms with E-state index in [1.54, 1.807) is 0 Å². The molecule has 1 aliphatic carbocycles. The summed E-state index contributed by atoms with van der Waals surface area (Å²) in [6.45, 7) is 4.30. The number of benzene rings is 1. The number of rotatable bonds is 4. The second-order valence-electron chi connectivity index (χ2n) is 6.63. The van der Waals surface area contributed by atoms with Gasteiger partial charge in [0.05, 0.1) is 11.0 Å². The van der Waals surface area contributed by atoms with E-state index < -0.39 is 4.92 Å². The van der Waals surface area contributed by atoms with E-state index in [0.717, 1.165) is 19.3 Å². The molecule has 1 N–H and O–H groups in total. The Hall–Kier alpha value is -2.94. The van der Waals surface area contributed by atoms with Crippen LogP contribution < -0.4 is 5.32 Å². The highest BCUT2D eigenvalue weighted by atomic mass is 16.6. The molecular formula is C19H20N4O2. The maximum atomic E-state index is 11.4. The van der Waals surface area contributed by atoms with Crippen LogP contribution >= 0.6 is 0 Å². The average Bonchev–Trinajstić information content (AvgIpc) is 2.61. The molecule has 0 amide bonds. The fraction of sp³-hybridized carbons (Fsp3) is 0.368. The van der Waals surface area contributed by atoms with Crippen molar-refractivity contribution < 1.29 is 4.92 Å². The second-order valence-corrected chi connectivity index (χ2v) is 6.63. The van der Waals surface area contributed by atoms with E-state index >= 15 is 0 Å². The summed E-state index contributed by atoms with van der Waals surface area (Å²) < 4.78 is 0. The van der Waals surface area contributed by atoms with E-state index in [0.29, 0.717) is 5.92 Å². The van der Waals surface area contributed by atoms with Gasteiger partial charge in [-0.1, -0.05) is 32.0 Å². The van der Waals surface area contributed by atoms with Crippen LogP contribution in [0.4, 0.5) is 11.5 Å². The van der Waals surface area contributed by atoms with Crippen molar-refractivity contribution in [1.29, 1.82) is 5.26 Å². The summed E-state index contributed by atoms with van der Waals surface area (Å²) in [6.07, 6.45) is 4.34. The zero-order valence-electron chi connectivity index (χ0n) is 14.3. The number of aromatic nitrogens is 1. The summed E-state index contributed by atoms with van der Waals surface area (Å²) in [4.78, 5) is 15.0. The van der Waals surface area contributed by atoms with Crippen LogP contribution in [0.2, 0.25) is 0 Å². The number of aryl methyl sites for hydroxylation is 1. The van der Waals surface area contributed by atoms with E-state index in [9.17, 15) is 10.1 Å². The van der Waals surface area contributed by atoms with Gasteiger partial charge in [0.15, 0.2) is 0 Å². The van der Waals surface area contributed by atoms with Gasteiger partial charge in [-0.25, -0.2) is 4.98 Å². The number of nitriles is 1. The molecule has 0 bridgehead atoms. The Morgan fingerprint density at radius 3 is 2.88 bits per heavy atom. The fourth-order valence-electron chi connectivity index (χ4n) is 3.33. The van der Waals surface area contributed by atoms with E-state index in [1.807, 2.05) is 6.07 Å². The zero-order valence-corrected chi connectivity index (χ0v) is 14.3. The first-order chi connectivity index (χ1) is 12.0. The lowest BCUT2D eigenvalue weighted by atomic mass is 9.85. The molecule has 0 spiro atoms. The van der Waals surface area contributed by atoms with Gasteiger partial charge in [0.25, 0.3) is 0 Å². The predicted octanol–water partition coefficient (Wildman–Crippen LogP) is 4.47. The van der Waals surface area contributed by atoms with Gasteiger partial charge in [-0.05, 0) is 47.9 Å². The molecule has 0 saturated heterocycles. The Kier molecular flexibility index (Phi) is 4.66. The van der Waals surface area contributed by atoms with Gasteiger partial charge in [-0.3, -0.25) is 10.1 Å². The van der Waals surface area contributed by atoms with E-state index in [-0.39, 0.29) is 23.1 Å². The minimum absolute atomic E-state index is 0.0227. The summed E-state index contributed by atoms with van der Waals surface area (Å²) >= 11 is 0. The van der Waals surface area contributed by atoms with E-state index in [2.05, 4.69) is 42.3 Å². The van der Waals surface area contributed by atoms with Crippen molar-refractivity contribution >= 4 is 11.5 Å². The zero-order chi connectivity index (χ0) is 18.0. The first kappa shape index (κ1) is 16.9. The van der Waals surface area contributed by atoms with E-state index in [1.165, 1.54) is 29.0 Å². The maximum Gasteiger partial charge on any atom is 0.328 e. The molecule has 0 fully saturated rings. The predicted molar refractivity (Wildman–Crippen MR) is 95.4 cm³/mol. The third-order valence-corrected chi connectivity index (χ3v) is 4.69. The normalized spacial score (nSPS) is 16.2. The molecule has 1 aromatic carbocycles. The van der Waals surface area contributed by atoms with Crippen molar-refractivity contribution in [2.75, 3.05) is 5.32 Å². The number of hydrogen-bond acceptors (Lipinski definition) is 5. The first-order valence-electron chi connectivity index (χ1n) is 8.44. The van der Waals surface area contributed by atoms with Gasteiger partial charge < -0.3 is 5.32 Å². The topological polar surface area (TPSA) is 91.8 Å². The number of hydrogen-bond donors (Lipinski definition) is 1. The fourth-order valence-corrected chi connectivity index (χ4v) is 3.33. The highest BCUT2D eigenvalue weighted by molar-refractivity contribution is 5.65. The molecule has 0 radical (unpaired) electrons. The SMILES string of the molecule is CC(C)c1ccc2c(c1)[C@H](Nc1nccc(C#N)c1[N+](=O)[O-])CCC2. The highest BCUT2D eigenvalue weighted by Gasteiger charge is 2.26. The lowest BCUT2D eigenvalue weighted by Crippen LogP contribution is -2.19. The van der Waals surface area contributed by atoms with Crippen molar-refractivity contribution in [2.24, 2.45) is 0 Å². The van der Waals surface area contributed by atoms with Crippen molar-refractivity contribution in [3.8, 4) is 6.07 Å². The molecule has 128 valence electrons. The molecule has 6 heteroatoms. The Morgan fingerprint density at radius 1 is 1.40 bits per heavy atom. The van der Waals surface area contributed by atoms with Crippen LogP contribution in [0.25, 0.3) is 0 Å². The molecule has 0 saturated carbocycles. The number of nitro groups is 1. The van der Waals surface area contributed by atoms with Gasteiger partial charge >= 0.3 is 5.69 Å². The Bertz CT molecular complexity index is 855. The highest BCUT2D eigenvalue weighted by Crippen LogP contribution is 2.36. The molecule has 1 aliphatic rings. The summed E-state index contributed by atoms with van der Waals surface area (Å²) in [5, 5.41) is 23.8. The third kappa shape index (κ3) is 3.31. The van der Waals surface area contributed by atoms with Crippen LogP contribution in [0.3, 0.4) is 0 Å². The molecule has 0 aliphatic heterocycles. The Morgan fingerprint density at radius 2 is 2.20 bits per heavy atom. The van der Waals surface area contributed by atoms with Crippen molar-refractivity contribution in [3.63, 3.8) is 0 Å². The Balaban J connectivity index is 2.00. The average molecular weight is 336 g/mol. The van der Waals surface area contributed by atoms with Crippen molar-refractivity contribution in [2.45, 2.75) is 45.1 Å². The van der Waals surface area contributed by atoms with Crippen LogP contribution in [0.1, 0.15) is 60.9 Å². The van der Waals surface area contributed by atoms with Gasteiger partial charge in [0.1, 0.15) is 11.6 Å². The summed E-state index contributed by atoms with van der Waals surface area (Å²) in [6, 6.07) is 9.71. The number of fused-ring (bicyclic) bond motifs is 1. The van der Waals surface area contributed by atoms with Crippen molar-refractivity contribution in [1.82, 2.24) is 4.98 Å². The lowest BCUT2D eigenvalue weighted by Gasteiger charge is -2.28. The lowest BCUT2D eigenvalue weighted by molar-refractivity contribution is -0.384. The standard InChI is InChI=1S/C19H20N4O2/c1-12(2)14-7-6-13-4-3-5-17(16(13)10-14)22-19-18(23(24)25)15(11-20)8-9-21-19/h6-10,12,17H,3-5H2,1-2H3,(H,21,22)/t17-/m1/s1. The molecular weight excluding hydrogens is 316 g/mol. The maximum absolute atomic E-state index is 11.4. The number of nitrogens with zero attached hydrogens (tertiary/aromatic N) is 3. The van der Waals surface area contributed by atoms with Crippen LogP contribution in [0.5, 0.6) is 0 Å². The summed E-state index contributed by atoms with van der Waals surface area (Å²) in [5.74, 6) is 0.583. The Labute approximate surface area is 146 Å². The number of pyridine rings is 1. The molecule has 3 rings (SSSR count). The molecule has 1 aromatic heterocycles. The molecule has 1 atom stereocenters. The van der Waals surface area contributed by atoms with E-state index in [4.69, 9.17) is 5.26 Å². The third-order valence-electron chi connectivity index (χ3n) is 4.69. The quantitative estimate of drug-likeness (QED) is 0.656. The van der Waals surface area contributed by atoms with Crippen LogP contribution in [-0.2, 0) is 6.42 Å². The minimum atomic E-state index is -0.540. The van der Waals surface area contributed by atoms with Gasteiger partial charge in [0, 0.05) is 6.20 Å². The molecule has 25 heavy (non-hydrogen) atoms. The van der Waals surface area contributed by atoms with Crippen LogP contribution in [0, 0.1) is 21.4 Å². The smallest absolute Gasteiger partial charge is 0.328 e. The van der Waals surface area contributed by atoms with Gasteiger partial charge in [0.2, 0.25) is 5.82 Å². The molecule has 0 unspecified atom stereocenters. The summed E-state index contributed by atoms with van der Waals surface area (Å²) in [5.41, 5.74) is 3.47. The number of anilines is 1. The minimum Gasteiger partial charge on any atom is -0.357 e. The van der Waals surface area contributed by atoms with Gasteiger partial charge in [-0.15, -0.1) is 0 Å².